The second kappa shape index (κ2) is 3.97. The first-order chi connectivity index (χ1) is 7.56. The van der Waals surface area contributed by atoms with Crippen LogP contribution >= 0.6 is 11.3 Å². The van der Waals surface area contributed by atoms with E-state index >= 15 is 0 Å². The van der Waals surface area contributed by atoms with Gasteiger partial charge in [-0.2, -0.15) is 0 Å². The van der Waals surface area contributed by atoms with Gasteiger partial charge in [-0.1, -0.05) is 0 Å². The lowest BCUT2D eigenvalue weighted by Gasteiger charge is -1.96. The molecule has 1 N–H and O–H groups in total. The van der Waals surface area contributed by atoms with Crippen LogP contribution in [0.25, 0.3) is 10.6 Å². The molecule has 0 aliphatic heterocycles. The number of carboxylic acids is 1. The molecule has 2 aromatic rings. The lowest BCUT2D eigenvalue weighted by atomic mass is 10.2. The van der Waals surface area contributed by atoms with E-state index in [4.69, 9.17) is 5.11 Å². The smallest absolute Gasteiger partial charge is 0.355 e. The summed E-state index contributed by atoms with van der Waals surface area (Å²) in [4.78, 5) is 14.3. The number of thiazole rings is 1. The molecular weight excluding hydrogens is 236 g/mol. The molecule has 0 saturated heterocycles. The fraction of sp³-hybridized carbons (Fsp3) is 0. The summed E-state index contributed by atoms with van der Waals surface area (Å²) in [6.45, 7) is 0. The van der Waals surface area contributed by atoms with Gasteiger partial charge in [0.1, 0.15) is 16.6 Å². The van der Waals surface area contributed by atoms with E-state index in [1.165, 1.54) is 5.38 Å². The van der Waals surface area contributed by atoms with Crippen molar-refractivity contribution in [2.24, 2.45) is 0 Å². The van der Waals surface area contributed by atoms with Gasteiger partial charge < -0.3 is 5.11 Å². The van der Waals surface area contributed by atoms with Gasteiger partial charge in [-0.05, 0) is 12.1 Å². The van der Waals surface area contributed by atoms with Gasteiger partial charge >= 0.3 is 5.97 Å². The summed E-state index contributed by atoms with van der Waals surface area (Å²) in [6, 6.07) is 2.95. The van der Waals surface area contributed by atoms with E-state index in [-0.39, 0.29) is 16.3 Å². The number of aromatic nitrogens is 1. The van der Waals surface area contributed by atoms with E-state index in [1.54, 1.807) is 0 Å². The Bertz CT molecular complexity index is 533. The van der Waals surface area contributed by atoms with Crippen molar-refractivity contribution in [2.45, 2.75) is 0 Å². The van der Waals surface area contributed by atoms with Crippen LogP contribution in [0, 0.1) is 11.6 Å². The molecule has 16 heavy (non-hydrogen) atoms. The Labute approximate surface area is 93.0 Å². The molecule has 0 saturated carbocycles. The van der Waals surface area contributed by atoms with Crippen molar-refractivity contribution in [1.29, 1.82) is 0 Å². The average molecular weight is 241 g/mol. The lowest BCUT2D eigenvalue weighted by molar-refractivity contribution is 0.0691. The molecule has 0 fully saturated rings. The van der Waals surface area contributed by atoms with Gasteiger partial charge in [0.15, 0.2) is 5.69 Å². The number of hydrogen-bond donors (Lipinski definition) is 1. The van der Waals surface area contributed by atoms with Gasteiger partial charge in [0.05, 0.1) is 0 Å². The molecule has 6 heteroatoms. The van der Waals surface area contributed by atoms with Gasteiger partial charge in [0, 0.05) is 17.0 Å². The Morgan fingerprint density at radius 3 is 2.38 bits per heavy atom. The van der Waals surface area contributed by atoms with Gasteiger partial charge in [-0.25, -0.2) is 18.6 Å². The van der Waals surface area contributed by atoms with Gasteiger partial charge in [0.25, 0.3) is 0 Å². The molecule has 0 aliphatic carbocycles. The van der Waals surface area contributed by atoms with E-state index in [1.807, 2.05) is 0 Å². The molecule has 0 unspecified atom stereocenters. The number of rotatable bonds is 2. The normalized spacial score (nSPS) is 10.4. The Kier molecular flexibility index (Phi) is 2.66. The molecule has 0 amide bonds. The highest BCUT2D eigenvalue weighted by Crippen LogP contribution is 2.25. The standard InChI is InChI=1S/C10H5F2NO2S/c11-6-1-5(2-7(12)3-6)9-13-8(4-16-9)10(14)15/h1-4H,(H,14,15). The number of carbonyl (C=O) groups is 1. The van der Waals surface area contributed by atoms with Crippen molar-refractivity contribution in [2.75, 3.05) is 0 Å². The van der Waals surface area contributed by atoms with Crippen LogP contribution in [-0.2, 0) is 0 Å². The molecule has 3 nitrogen and oxygen atoms in total. The Hall–Kier alpha value is -1.82. The zero-order valence-corrected chi connectivity index (χ0v) is 8.59. The second-order valence-electron chi connectivity index (χ2n) is 3.00. The Morgan fingerprint density at radius 2 is 1.88 bits per heavy atom. The maximum absolute atomic E-state index is 12.9. The Balaban J connectivity index is 2.46. The highest BCUT2D eigenvalue weighted by molar-refractivity contribution is 7.13. The van der Waals surface area contributed by atoms with Crippen LogP contribution in [0.1, 0.15) is 10.5 Å². The molecule has 2 rings (SSSR count). The first-order valence-electron chi connectivity index (χ1n) is 4.21. The van der Waals surface area contributed by atoms with Crippen molar-refractivity contribution in [3.05, 3.63) is 40.9 Å². The molecule has 1 aromatic carbocycles. The van der Waals surface area contributed by atoms with Crippen LogP contribution < -0.4 is 0 Å². The summed E-state index contributed by atoms with van der Waals surface area (Å²) >= 11 is 1.02. The Morgan fingerprint density at radius 1 is 1.25 bits per heavy atom. The third-order valence-electron chi connectivity index (χ3n) is 1.83. The quantitative estimate of drug-likeness (QED) is 0.879. The predicted molar refractivity (Wildman–Crippen MR) is 54.4 cm³/mol. The summed E-state index contributed by atoms with van der Waals surface area (Å²) in [6.07, 6.45) is 0. The summed E-state index contributed by atoms with van der Waals surface area (Å²) in [5.74, 6) is -2.61. The number of carboxylic acid groups (broad SMARTS) is 1. The fourth-order valence-corrected chi connectivity index (χ4v) is 1.96. The minimum Gasteiger partial charge on any atom is -0.476 e. The van der Waals surface area contributed by atoms with Crippen LogP contribution in [-0.4, -0.2) is 16.1 Å². The minimum absolute atomic E-state index is 0.135. The highest BCUT2D eigenvalue weighted by atomic mass is 32.1. The molecule has 1 aromatic heterocycles. The highest BCUT2D eigenvalue weighted by Gasteiger charge is 2.11. The van der Waals surface area contributed by atoms with Crippen LogP contribution in [0.3, 0.4) is 0 Å². The number of nitrogens with zero attached hydrogens (tertiary/aromatic N) is 1. The maximum atomic E-state index is 12.9. The van der Waals surface area contributed by atoms with E-state index in [0.29, 0.717) is 0 Å². The molecule has 0 spiro atoms. The molecule has 0 atom stereocenters. The number of benzene rings is 1. The van der Waals surface area contributed by atoms with Gasteiger partial charge in [0.2, 0.25) is 0 Å². The van der Waals surface area contributed by atoms with Crippen LogP contribution in [0.4, 0.5) is 8.78 Å². The zero-order valence-electron chi connectivity index (χ0n) is 7.78. The first kappa shape index (κ1) is 10.7. The maximum Gasteiger partial charge on any atom is 0.355 e. The summed E-state index contributed by atoms with van der Waals surface area (Å²) in [7, 11) is 0. The molecule has 0 radical (unpaired) electrons. The molecule has 1 heterocycles. The van der Waals surface area contributed by atoms with E-state index in [0.717, 1.165) is 29.5 Å². The van der Waals surface area contributed by atoms with Crippen LogP contribution in [0.5, 0.6) is 0 Å². The molecule has 82 valence electrons. The van der Waals surface area contributed by atoms with Crippen molar-refractivity contribution in [3.63, 3.8) is 0 Å². The van der Waals surface area contributed by atoms with Crippen molar-refractivity contribution < 1.29 is 18.7 Å². The third kappa shape index (κ3) is 2.06. The zero-order chi connectivity index (χ0) is 11.7. The monoisotopic (exact) mass is 241 g/mol. The number of halogens is 2. The topological polar surface area (TPSA) is 50.2 Å². The summed E-state index contributed by atoms with van der Waals surface area (Å²) in [5, 5.41) is 10.2. The average Bonchev–Trinajstić information content (AvgIpc) is 2.64. The summed E-state index contributed by atoms with van der Waals surface area (Å²) in [5.41, 5.74) is 0.0969. The number of aromatic carboxylic acids is 1. The van der Waals surface area contributed by atoms with E-state index in [2.05, 4.69) is 4.98 Å². The van der Waals surface area contributed by atoms with Crippen molar-refractivity contribution in [3.8, 4) is 10.6 Å². The second-order valence-corrected chi connectivity index (χ2v) is 3.86. The SMILES string of the molecule is O=C(O)c1csc(-c2cc(F)cc(F)c2)n1. The van der Waals surface area contributed by atoms with Crippen LogP contribution in [0.15, 0.2) is 23.6 Å². The van der Waals surface area contributed by atoms with Crippen molar-refractivity contribution >= 4 is 17.3 Å². The molecule has 0 bridgehead atoms. The molecule has 0 aliphatic rings. The minimum atomic E-state index is -1.17. The number of hydrogen-bond acceptors (Lipinski definition) is 3. The van der Waals surface area contributed by atoms with Gasteiger partial charge in [-0.3, -0.25) is 0 Å². The third-order valence-corrected chi connectivity index (χ3v) is 2.72. The van der Waals surface area contributed by atoms with Gasteiger partial charge in [-0.15, -0.1) is 11.3 Å². The predicted octanol–water partition coefficient (Wildman–Crippen LogP) is 2.79. The molecular formula is C10H5F2NO2S. The van der Waals surface area contributed by atoms with Crippen molar-refractivity contribution in [1.82, 2.24) is 4.98 Å². The first-order valence-corrected chi connectivity index (χ1v) is 5.09. The fourth-order valence-electron chi connectivity index (χ4n) is 1.18. The largest absolute Gasteiger partial charge is 0.476 e. The summed E-state index contributed by atoms with van der Waals surface area (Å²) < 4.78 is 25.8. The van der Waals surface area contributed by atoms with E-state index < -0.39 is 17.6 Å². The van der Waals surface area contributed by atoms with Crippen LogP contribution in [0.2, 0.25) is 0 Å². The van der Waals surface area contributed by atoms with E-state index in [9.17, 15) is 13.6 Å². The lowest BCUT2D eigenvalue weighted by Crippen LogP contribution is -1.95.